The molecule has 1 N–H and O–H groups in total. The number of carbonyl (C=O) groups is 1. The second-order valence-corrected chi connectivity index (χ2v) is 7.91. The number of fused-ring (bicyclic) bond motifs is 1. The average Bonchev–Trinajstić information content (AvgIpc) is 3.25. The van der Waals surface area contributed by atoms with E-state index >= 15 is 0 Å². The third-order valence-corrected chi connectivity index (χ3v) is 6.03. The summed E-state index contributed by atoms with van der Waals surface area (Å²) in [6.07, 6.45) is 1.51. The number of aromatic nitrogens is 3. The Bertz CT molecular complexity index is 1160. The Hall–Kier alpha value is -3.06. The molecule has 1 atom stereocenters. The summed E-state index contributed by atoms with van der Waals surface area (Å²) in [7, 11) is 0. The predicted octanol–water partition coefficient (Wildman–Crippen LogP) is 4.76. The van der Waals surface area contributed by atoms with Gasteiger partial charge in [-0.2, -0.15) is 0 Å². The summed E-state index contributed by atoms with van der Waals surface area (Å²) in [5.41, 5.74) is 4.85. The maximum atomic E-state index is 12.7. The molecule has 0 radical (unpaired) electrons. The van der Waals surface area contributed by atoms with Gasteiger partial charge >= 0.3 is 0 Å². The normalized spacial score (nSPS) is 12.3. The zero-order chi connectivity index (χ0) is 19.8. The molecule has 0 spiro atoms. The lowest BCUT2D eigenvalue weighted by Crippen LogP contribution is -2.26. The Labute approximate surface area is 166 Å². The number of carbonyl (C=O) groups excluding carboxylic acids is 1. The van der Waals surface area contributed by atoms with Crippen LogP contribution < -0.4 is 5.32 Å². The first kappa shape index (κ1) is 18.3. The van der Waals surface area contributed by atoms with Gasteiger partial charge in [0.15, 0.2) is 0 Å². The molecule has 7 heteroatoms. The number of thiazole rings is 1. The molecule has 0 saturated heterocycles. The minimum absolute atomic E-state index is 0.163. The number of amides is 1. The molecule has 28 heavy (non-hydrogen) atoms. The minimum atomic E-state index is -0.188. The highest BCUT2D eigenvalue weighted by Crippen LogP contribution is 2.32. The van der Waals surface area contributed by atoms with Crippen LogP contribution in [0.4, 0.5) is 0 Å². The van der Waals surface area contributed by atoms with Crippen LogP contribution in [0, 0.1) is 20.8 Å². The van der Waals surface area contributed by atoms with Gasteiger partial charge in [-0.05, 0) is 33.8 Å². The van der Waals surface area contributed by atoms with Crippen molar-refractivity contribution in [1.29, 1.82) is 0 Å². The molecule has 0 unspecified atom stereocenters. The number of hydrogen-bond donors (Lipinski definition) is 1. The lowest BCUT2D eigenvalue weighted by Gasteiger charge is -2.12. The van der Waals surface area contributed by atoms with Crippen molar-refractivity contribution in [2.45, 2.75) is 33.7 Å². The second-order valence-electron chi connectivity index (χ2n) is 6.87. The highest BCUT2D eigenvalue weighted by molar-refractivity contribution is 7.15. The molecular weight excluding hydrogens is 372 g/mol. The van der Waals surface area contributed by atoms with Crippen LogP contribution in [0.3, 0.4) is 0 Å². The third kappa shape index (κ3) is 3.41. The van der Waals surface area contributed by atoms with Gasteiger partial charge in [-0.1, -0.05) is 35.0 Å². The molecule has 142 valence electrons. The Morgan fingerprint density at radius 2 is 1.89 bits per heavy atom. The lowest BCUT2D eigenvalue weighted by molar-refractivity contribution is 0.0940. The topological polar surface area (TPSA) is 80.9 Å². The zero-order valence-corrected chi connectivity index (χ0v) is 16.9. The summed E-state index contributed by atoms with van der Waals surface area (Å²) in [4.78, 5) is 22.6. The van der Waals surface area contributed by atoms with Crippen LogP contribution in [0.25, 0.3) is 21.7 Å². The molecule has 0 aliphatic carbocycles. The van der Waals surface area contributed by atoms with Crippen LogP contribution >= 0.6 is 11.3 Å². The van der Waals surface area contributed by atoms with Gasteiger partial charge in [0.1, 0.15) is 5.01 Å². The molecule has 6 nitrogen and oxygen atoms in total. The van der Waals surface area contributed by atoms with Crippen molar-refractivity contribution in [3.63, 3.8) is 0 Å². The summed E-state index contributed by atoms with van der Waals surface area (Å²) in [6.45, 7) is 7.83. The van der Waals surface area contributed by atoms with Crippen LogP contribution in [-0.2, 0) is 0 Å². The number of benzene rings is 1. The Balaban J connectivity index is 1.55. The maximum Gasteiger partial charge on any atom is 0.257 e. The van der Waals surface area contributed by atoms with Crippen molar-refractivity contribution < 1.29 is 9.32 Å². The molecule has 3 heterocycles. The van der Waals surface area contributed by atoms with Crippen LogP contribution in [0.1, 0.15) is 45.2 Å². The van der Waals surface area contributed by atoms with Gasteiger partial charge in [-0.3, -0.25) is 4.79 Å². The summed E-state index contributed by atoms with van der Waals surface area (Å²) in [5.74, 6) is -0.188. The Kier molecular flexibility index (Phi) is 4.68. The molecular formula is C21H20N4O2S. The fourth-order valence-electron chi connectivity index (χ4n) is 3.04. The van der Waals surface area contributed by atoms with Gasteiger partial charge in [0.05, 0.1) is 33.3 Å². The standard InChI is InChI=1S/C21H20N4O2S/c1-11-5-7-15(8-6-11)21-24-14(4)18(28-21)13(3)23-19(26)16-9-17-12(2)25-27-20(17)22-10-16/h5-10,13H,1-4H3,(H,23,26)/t13-/m1/s1. The van der Waals surface area contributed by atoms with Crippen molar-refractivity contribution in [1.82, 2.24) is 20.4 Å². The molecule has 0 bridgehead atoms. The van der Waals surface area contributed by atoms with E-state index in [1.807, 2.05) is 20.8 Å². The quantitative estimate of drug-likeness (QED) is 0.541. The van der Waals surface area contributed by atoms with E-state index in [0.717, 1.165) is 26.5 Å². The molecule has 1 aromatic carbocycles. The van der Waals surface area contributed by atoms with E-state index < -0.39 is 0 Å². The van der Waals surface area contributed by atoms with Crippen LogP contribution in [0.2, 0.25) is 0 Å². The highest BCUT2D eigenvalue weighted by atomic mass is 32.1. The van der Waals surface area contributed by atoms with Gasteiger partial charge in [-0.15, -0.1) is 11.3 Å². The largest absolute Gasteiger partial charge is 0.345 e. The van der Waals surface area contributed by atoms with Gasteiger partial charge in [0.25, 0.3) is 11.6 Å². The Morgan fingerprint density at radius 1 is 1.14 bits per heavy atom. The molecule has 4 aromatic rings. The minimum Gasteiger partial charge on any atom is -0.345 e. The van der Waals surface area contributed by atoms with Crippen molar-refractivity contribution in [3.8, 4) is 10.6 Å². The predicted molar refractivity (Wildman–Crippen MR) is 109 cm³/mol. The highest BCUT2D eigenvalue weighted by Gasteiger charge is 2.19. The number of hydrogen-bond acceptors (Lipinski definition) is 6. The van der Waals surface area contributed by atoms with E-state index in [9.17, 15) is 4.79 Å². The van der Waals surface area contributed by atoms with Crippen molar-refractivity contribution in [3.05, 3.63) is 63.9 Å². The first-order chi connectivity index (χ1) is 13.4. The first-order valence-corrected chi connectivity index (χ1v) is 9.81. The van der Waals surface area contributed by atoms with Crippen molar-refractivity contribution in [2.75, 3.05) is 0 Å². The lowest BCUT2D eigenvalue weighted by atomic mass is 10.1. The average molecular weight is 392 g/mol. The molecule has 0 aliphatic heterocycles. The number of pyridine rings is 1. The summed E-state index contributed by atoms with van der Waals surface area (Å²) in [6, 6.07) is 9.89. The molecule has 4 rings (SSSR count). The van der Waals surface area contributed by atoms with E-state index in [1.54, 1.807) is 17.4 Å². The molecule has 0 saturated carbocycles. The van der Waals surface area contributed by atoms with Gasteiger partial charge in [0.2, 0.25) is 0 Å². The number of rotatable bonds is 4. The fraction of sp³-hybridized carbons (Fsp3) is 0.238. The van der Waals surface area contributed by atoms with Gasteiger partial charge in [-0.25, -0.2) is 9.97 Å². The molecule has 0 fully saturated rings. The number of nitrogens with zero attached hydrogens (tertiary/aromatic N) is 3. The SMILES string of the molecule is Cc1ccc(-c2nc(C)c([C@@H](C)NC(=O)c3cnc4onc(C)c4c3)s2)cc1. The monoisotopic (exact) mass is 392 g/mol. The van der Waals surface area contributed by atoms with Crippen molar-refractivity contribution in [2.24, 2.45) is 0 Å². The summed E-state index contributed by atoms with van der Waals surface area (Å²) >= 11 is 1.60. The van der Waals surface area contributed by atoms with E-state index in [-0.39, 0.29) is 11.9 Å². The van der Waals surface area contributed by atoms with E-state index in [0.29, 0.717) is 17.0 Å². The maximum absolute atomic E-state index is 12.7. The molecule has 1 amide bonds. The molecule has 3 aromatic heterocycles. The summed E-state index contributed by atoms with van der Waals surface area (Å²) in [5, 5.41) is 8.62. The molecule has 0 aliphatic rings. The van der Waals surface area contributed by atoms with Crippen molar-refractivity contribution >= 4 is 28.3 Å². The smallest absolute Gasteiger partial charge is 0.257 e. The third-order valence-electron chi connectivity index (χ3n) is 4.64. The zero-order valence-electron chi connectivity index (χ0n) is 16.1. The Morgan fingerprint density at radius 3 is 2.64 bits per heavy atom. The van der Waals surface area contributed by atoms with Crippen LogP contribution in [0.5, 0.6) is 0 Å². The first-order valence-electron chi connectivity index (χ1n) is 8.99. The fourth-order valence-corrected chi connectivity index (χ4v) is 4.12. The number of nitrogens with one attached hydrogen (secondary N) is 1. The van der Waals surface area contributed by atoms with Gasteiger partial charge < -0.3 is 9.84 Å². The van der Waals surface area contributed by atoms with Crippen LogP contribution in [0.15, 0.2) is 41.1 Å². The summed E-state index contributed by atoms with van der Waals surface area (Å²) < 4.78 is 5.10. The van der Waals surface area contributed by atoms with E-state index in [1.165, 1.54) is 11.8 Å². The van der Waals surface area contributed by atoms with Gasteiger partial charge in [0, 0.05) is 11.8 Å². The van der Waals surface area contributed by atoms with Crippen LogP contribution in [-0.4, -0.2) is 21.0 Å². The van der Waals surface area contributed by atoms with E-state index in [4.69, 9.17) is 9.51 Å². The second kappa shape index (κ2) is 7.16. The van der Waals surface area contributed by atoms with E-state index in [2.05, 4.69) is 46.6 Å². The number of aryl methyl sites for hydroxylation is 3.